The highest BCUT2D eigenvalue weighted by atomic mass is 15.2. The maximum absolute atomic E-state index is 4.64. The normalized spacial score (nSPS) is 11.3. The van der Waals surface area contributed by atoms with Crippen LogP contribution in [0.1, 0.15) is 31.7 Å². The highest BCUT2D eigenvalue weighted by Crippen LogP contribution is 2.12. The largest absolute Gasteiger partial charge is 0.372 e. The monoisotopic (exact) mass is 353 g/mol. The number of hydrogen-bond acceptors (Lipinski definition) is 3. The van der Waals surface area contributed by atoms with Crippen molar-refractivity contribution in [3.8, 4) is 0 Å². The van der Waals surface area contributed by atoms with Crippen LogP contribution in [0.4, 0.5) is 5.69 Å². The van der Waals surface area contributed by atoms with Gasteiger partial charge in [0.05, 0.1) is 12.2 Å². The number of pyridine rings is 1. The molecule has 2 rings (SSSR count). The zero-order valence-electron chi connectivity index (χ0n) is 16.2. The van der Waals surface area contributed by atoms with Gasteiger partial charge in [0.1, 0.15) is 0 Å². The van der Waals surface area contributed by atoms with Crippen molar-refractivity contribution in [3.63, 3.8) is 0 Å². The van der Waals surface area contributed by atoms with E-state index in [1.54, 1.807) is 0 Å². The number of aryl methyl sites for hydroxylation is 1. The second kappa shape index (κ2) is 11.1. The minimum absolute atomic E-state index is 0.585. The van der Waals surface area contributed by atoms with Gasteiger partial charge in [0.25, 0.3) is 0 Å². The van der Waals surface area contributed by atoms with E-state index in [4.69, 9.17) is 0 Å². The lowest BCUT2D eigenvalue weighted by Gasteiger charge is -2.23. The summed E-state index contributed by atoms with van der Waals surface area (Å²) in [6.07, 6.45) is 1.05. The van der Waals surface area contributed by atoms with Gasteiger partial charge >= 0.3 is 0 Å². The van der Waals surface area contributed by atoms with E-state index in [2.05, 4.69) is 69.7 Å². The minimum atomic E-state index is 0.585. The number of anilines is 1. The Kier molecular flexibility index (Phi) is 8.46. The third-order valence-electron chi connectivity index (χ3n) is 4.09. The number of aliphatic imine (C=N–C) groups is 1. The molecule has 2 aromatic rings. The topological polar surface area (TPSA) is 52.6 Å². The molecule has 0 bridgehead atoms. The Morgan fingerprint density at radius 1 is 1.04 bits per heavy atom. The fourth-order valence-electron chi connectivity index (χ4n) is 2.77. The fourth-order valence-corrected chi connectivity index (χ4v) is 2.77. The van der Waals surface area contributed by atoms with Gasteiger partial charge in [0, 0.05) is 37.6 Å². The zero-order valence-corrected chi connectivity index (χ0v) is 16.2. The summed E-state index contributed by atoms with van der Waals surface area (Å²) in [5.41, 5.74) is 3.29. The third kappa shape index (κ3) is 6.75. The summed E-state index contributed by atoms with van der Waals surface area (Å²) in [5, 5.41) is 6.72. The molecule has 0 saturated carbocycles. The van der Waals surface area contributed by atoms with Gasteiger partial charge in [-0.15, -0.1) is 0 Å². The Morgan fingerprint density at radius 2 is 1.85 bits per heavy atom. The standard InChI is InChI=1S/C21H31N5/c1-4-22-21(24-17-19-12-9-11-18(3)25-19)23-15-10-16-26(5-2)20-13-7-6-8-14-20/h6-9,11-14H,4-5,10,15-17H2,1-3H3,(H2,22,23,24). The van der Waals surface area contributed by atoms with E-state index in [0.717, 1.165) is 49.9 Å². The predicted molar refractivity (Wildman–Crippen MR) is 111 cm³/mol. The first-order valence-electron chi connectivity index (χ1n) is 9.47. The summed E-state index contributed by atoms with van der Waals surface area (Å²) < 4.78 is 0. The molecule has 140 valence electrons. The molecule has 0 aliphatic heterocycles. The van der Waals surface area contributed by atoms with Crippen LogP contribution in [0, 0.1) is 6.92 Å². The van der Waals surface area contributed by atoms with Gasteiger partial charge in [0.15, 0.2) is 5.96 Å². The molecule has 1 aromatic carbocycles. The number of nitrogens with zero attached hydrogens (tertiary/aromatic N) is 3. The van der Waals surface area contributed by atoms with Gasteiger partial charge < -0.3 is 15.5 Å². The van der Waals surface area contributed by atoms with E-state index >= 15 is 0 Å². The van der Waals surface area contributed by atoms with Gasteiger partial charge in [-0.3, -0.25) is 4.98 Å². The third-order valence-corrected chi connectivity index (χ3v) is 4.09. The molecule has 1 heterocycles. The number of nitrogens with one attached hydrogen (secondary N) is 2. The summed E-state index contributed by atoms with van der Waals surface area (Å²) >= 11 is 0. The lowest BCUT2D eigenvalue weighted by molar-refractivity contribution is 0.708. The van der Waals surface area contributed by atoms with Crippen molar-refractivity contribution >= 4 is 11.6 Å². The van der Waals surface area contributed by atoms with Crippen molar-refractivity contribution in [1.82, 2.24) is 15.6 Å². The molecule has 0 aliphatic rings. The minimum Gasteiger partial charge on any atom is -0.372 e. The maximum atomic E-state index is 4.64. The molecule has 26 heavy (non-hydrogen) atoms. The quantitative estimate of drug-likeness (QED) is 0.412. The van der Waals surface area contributed by atoms with Crippen molar-refractivity contribution in [2.75, 3.05) is 31.1 Å². The average Bonchev–Trinajstić information content (AvgIpc) is 2.67. The van der Waals surface area contributed by atoms with Crippen LogP contribution in [0.2, 0.25) is 0 Å². The molecule has 0 saturated heterocycles. The second-order valence-corrected chi connectivity index (χ2v) is 6.16. The number of guanidine groups is 1. The van der Waals surface area contributed by atoms with Gasteiger partial charge in [-0.05, 0) is 51.5 Å². The molecule has 2 N–H and O–H groups in total. The van der Waals surface area contributed by atoms with Crippen molar-refractivity contribution in [3.05, 3.63) is 59.9 Å². The van der Waals surface area contributed by atoms with Crippen molar-refractivity contribution in [1.29, 1.82) is 0 Å². The molecule has 0 aliphatic carbocycles. The molecule has 5 heteroatoms. The number of rotatable bonds is 9. The lowest BCUT2D eigenvalue weighted by Crippen LogP contribution is -2.38. The van der Waals surface area contributed by atoms with E-state index in [1.165, 1.54) is 5.69 Å². The molecule has 0 spiro atoms. The lowest BCUT2D eigenvalue weighted by atomic mass is 10.2. The van der Waals surface area contributed by atoms with Crippen LogP contribution >= 0.6 is 0 Å². The summed E-state index contributed by atoms with van der Waals surface area (Å²) in [4.78, 5) is 11.5. The van der Waals surface area contributed by atoms with E-state index in [1.807, 2.05) is 25.1 Å². The zero-order chi connectivity index (χ0) is 18.6. The summed E-state index contributed by atoms with van der Waals surface area (Å²) in [6.45, 7) is 10.6. The number of hydrogen-bond donors (Lipinski definition) is 2. The van der Waals surface area contributed by atoms with Crippen molar-refractivity contribution < 1.29 is 0 Å². The summed E-state index contributed by atoms with van der Waals surface area (Å²) in [5.74, 6) is 0.846. The van der Waals surface area contributed by atoms with Gasteiger partial charge in [-0.1, -0.05) is 24.3 Å². The highest BCUT2D eigenvalue weighted by Gasteiger charge is 2.04. The second-order valence-electron chi connectivity index (χ2n) is 6.16. The molecule has 0 atom stereocenters. The predicted octanol–water partition coefficient (Wildman–Crippen LogP) is 3.36. The van der Waals surface area contributed by atoms with Crippen LogP contribution in [-0.4, -0.2) is 37.1 Å². The van der Waals surface area contributed by atoms with E-state index in [-0.39, 0.29) is 0 Å². The van der Waals surface area contributed by atoms with Crippen LogP contribution in [0.5, 0.6) is 0 Å². The average molecular weight is 354 g/mol. The van der Waals surface area contributed by atoms with Crippen LogP contribution in [0.25, 0.3) is 0 Å². The number of para-hydroxylation sites is 1. The van der Waals surface area contributed by atoms with Gasteiger partial charge in [0.2, 0.25) is 0 Å². The van der Waals surface area contributed by atoms with Crippen molar-refractivity contribution in [2.45, 2.75) is 33.7 Å². The number of aromatic nitrogens is 1. The molecule has 1 aromatic heterocycles. The van der Waals surface area contributed by atoms with Gasteiger partial charge in [-0.25, -0.2) is 4.99 Å². The SMILES string of the molecule is CCNC(=NCc1cccc(C)n1)NCCCN(CC)c1ccccc1. The molecule has 0 radical (unpaired) electrons. The Balaban J connectivity index is 1.81. The first kappa shape index (κ1) is 19.8. The van der Waals surface area contributed by atoms with Gasteiger partial charge in [-0.2, -0.15) is 0 Å². The number of benzene rings is 1. The fraction of sp³-hybridized carbons (Fsp3) is 0.429. The van der Waals surface area contributed by atoms with Crippen LogP contribution < -0.4 is 15.5 Å². The van der Waals surface area contributed by atoms with E-state index in [9.17, 15) is 0 Å². The first-order valence-corrected chi connectivity index (χ1v) is 9.47. The van der Waals surface area contributed by atoms with Crippen LogP contribution in [0.3, 0.4) is 0 Å². The molecule has 0 unspecified atom stereocenters. The summed E-state index contributed by atoms with van der Waals surface area (Å²) in [7, 11) is 0. The smallest absolute Gasteiger partial charge is 0.191 e. The van der Waals surface area contributed by atoms with Crippen molar-refractivity contribution in [2.24, 2.45) is 4.99 Å². The molecular weight excluding hydrogens is 322 g/mol. The Labute approximate surface area is 157 Å². The Morgan fingerprint density at radius 3 is 2.54 bits per heavy atom. The van der Waals surface area contributed by atoms with Crippen LogP contribution in [0.15, 0.2) is 53.5 Å². The Hall–Kier alpha value is -2.56. The van der Waals surface area contributed by atoms with Crippen LogP contribution in [-0.2, 0) is 6.54 Å². The first-order chi connectivity index (χ1) is 12.7. The molecule has 0 amide bonds. The Bertz CT molecular complexity index is 669. The molecular formula is C21H31N5. The molecule has 0 fully saturated rings. The van der Waals surface area contributed by atoms with E-state index in [0.29, 0.717) is 6.54 Å². The maximum Gasteiger partial charge on any atom is 0.191 e. The summed E-state index contributed by atoms with van der Waals surface area (Å²) in [6, 6.07) is 16.6. The van der Waals surface area contributed by atoms with E-state index < -0.39 is 0 Å². The molecule has 5 nitrogen and oxygen atoms in total. The highest BCUT2D eigenvalue weighted by molar-refractivity contribution is 5.79.